The Labute approximate surface area is 188 Å². The number of aryl methyl sites for hydroxylation is 1. The fraction of sp³-hybridized carbons (Fsp3) is 0.400. The van der Waals surface area contributed by atoms with Crippen LogP contribution >= 0.6 is 11.6 Å². The number of hydrogen-bond acceptors (Lipinski definition) is 7. The predicted molar refractivity (Wildman–Crippen MR) is 117 cm³/mol. The number of benzene rings is 1. The van der Waals surface area contributed by atoms with Crippen LogP contribution in [0.1, 0.15) is 18.9 Å². The van der Waals surface area contributed by atoms with Crippen molar-refractivity contribution in [2.75, 3.05) is 20.7 Å². The molecule has 1 heterocycles. The number of methoxy groups -OCH3 is 1. The number of alkyl halides is 3. The fourth-order valence-corrected chi connectivity index (χ4v) is 2.97. The Kier molecular flexibility index (Phi) is 9.70. The van der Waals surface area contributed by atoms with E-state index in [1.54, 1.807) is 14.0 Å². The second-order valence-corrected chi connectivity index (χ2v) is 7.00. The number of nitrogens with zero attached hydrogens (tertiary/aromatic N) is 2. The fourth-order valence-electron chi connectivity index (χ4n) is 2.77. The van der Waals surface area contributed by atoms with Gasteiger partial charge in [-0.05, 0) is 31.9 Å². The van der Waals surface area contributed by atoms with Crippen molar-refractivity contribution < 1.29 is 27.4 Å². The molecule has 1 atom stereocenters. The van der Waals surface area contributed by atoms with Crippen molar-refractivity contribution in [1.29, 1.82) is 10.8 Å². The highest BCUT2D eigenvalue weighted by Crippen LogP contribution is 2.26. The molecule has 0 radical (unpaired) electrons. The molecule has 8 nitrogen and oxygen atoms in total. The maximum atomic E-state index is 12.3. The zero-order valence-corrected chi connectivity index (χ0v) is 18.8. The van der Waals surface area contributed by atoms with E-state index in [1.807, 2.05) is 25.1 Å². The van der Waals surface area contributed by atoms with Gasteiger partial charge >= 0.3 is 6.18 Å². The Hall–Kier alpha value is -3.08. The van der Waals surface area contributed by atoms with Gasteiger partial charge in [0, 0.05) is 24.9 Å². The number of carbonyl (C=O) groups excluding carboxylic acids is 1. The first-order valence-corrected chi connectivity index (χ1v) is 9.65. The lowest BCUT2D eigenvalue weighted by molar-refractivity contribution is -0.119. The lowest BCUT2D eigenvalue weighted by Crippen LogP contribution is -2.43. The minimum absolute atomic E-state index is 0.163. The summed E-state index contributed by atoms with van der Waals surface area (Å²) >= 11 is 5.87. The third-order valence-corrected chi connectivity index (χ3v) is 5.10. The number of rotatable bonds is 4. The van der Waals surface area contributed by atoms with E-state index in [1.165, 1.54) is 11.9 Å². The molecule has 32 heavy (non-hydrogen) atoms. The first kappa shape index (κ1) is 27.0. The normalized spacial score (nSPS) is 16.7. The highest BCUT2D eigenvalue weighted by atomic mass is 35.5. The van der Waals surface area contributed by atoms with E-state index in [0.717, 1.165) is 11.3 Å². The highest BCUT2D eigenvalue weighted by Gasteiger charge is 2.39. The molecule has 1 unspecified atom stereocenters. The number of nitrogens with one attached hydrogen (secondary N) is 2. The predicted octanol–water partition coefficient (Wildman–Crippen LogP) is 3.71. The van der Waals surface area contributed by atoms with Crippen LogP contribution < -0.4 is 10.5 Å². The van der Waals surface area contributed by atoms with Crippen molar-refractivity contribution in [3.63, 3.8) is 0 Å². The van der Waals surface area contributed by atoms with E-state index < -0.39 is 24.0 Å². The van der Waals surface area contributed by atoms with Crippen molar-refractivity contribution in [3.8, 4) is 5.75 Å². The Morgan fingerprint density at radius 1 is 1.38 bits per heavy atom. The molecular weight excluding hydrogens is 451 g/mol. The van der Waals surface area contributed by atoms with Gasteiger partial charge in [-0.25, -0.2) is 0 Å². The van der Waals surface area contributed by atoms with Gasteiger partial charge in [-0.2, -0.15) is 13.2 Å². The molecule has 0 spiro atoms. The third-order valence-electron chi connectivity index (χ3n) is 4.61. The molecule has 1 amide bonds. The summed E-state index contributed by atoms with van der Waals surface area (Å²) in [4.78, 5) is 16.0. The zero-order chi connectivity index (χ0) is 24.6. The van der Waals surface area contributed by atoms with Gasteiger partial charge in [0.15, 0.2) is 0 Å². The standard InChI is InChI=1S/C12H16F3N5O2.C8H9ClO/c1-6-8(16)7(3-4-20(6)5-21)9(19-2)10(17)22-11(18)12(13,14)15;1-6-4-3-5-7(10-2)8(6)9/h5-6,17-18H,3-4,16H2,1-2H3;3-5H,1-2H3. The maximum absolute atomic E-state index is 12.3. The summed E-state index contributed by atoms with van der Waals surface area (Å²) < 4.78 is 46.0. The molecule has 0 saturated carbocycles. The van der Waals surface area contributed by atoms with Crippen LogP contribution in [0.4, 0.5) is 13.2 Å². The Morgan fingerprint density at radius 2 is 2.00 bits per heavy atom. The Balaban J connectivity index is 0.000000425. The molecule has 1 aromatic rings. The largest absolute Gasteiger partial charge is 0.495 e. The van der Waals surface area contributed by atoms with E-state index in [0.29, 0.717) is 23.6 Å². The Morgan fingerprint density at radius 3 is 2.47 bits per heavy atom. The SMILES string of the molecule is CN=C(C(=N)OC(=N)C(F)(F)F)C1=C(N)C(C)N(C=O)CC1.COc1cccc(C)c1Cl. The number of nitrogens with two attached hydrogens (primary N) is 1. The van der Waals surface area contributed by atoms with Gasteiger partial charge in [-0.3, -0.25) is 20.6 Å². The van der Waals surface area contributed by atoms with Gasteiger partial charge < -0.3 is 20.1 Å². The average molecular weight is 476 g/mol. The van der Waals surface area contributed by atoms with Gasteiger partial charge in [0.1, 0.15) is 11.5 Å². The summed E-state index contributed by atoms with van der Waals surface area (Å²) in [5.74, 6) is -2.17. The van der Waals surface area contributed by atoms with E-state index in [4.69, 9.17) is 32.9 Å². The van der Waals surface area contributed by atoms with Crippen molar-refractivity contribution in [1.82, 2.24) is 4.90 Å². The summed E-state index contributed by atoms with van der Waals surface area (Å²) in [6.45, 7) is 3.90. The number of aliphatic imine (C=N–C) groups is 1. The van der Waals surface area contributed by atoms with Crippen LogP contribution in [-0.2, 0) is 9.53 Å². The molecule has 12 heteroatoms. The van der Waals surface area contributed by atoms with Crippen LogP contribution in [0.15, 0.2) is 34.5 Å². The summed E-state index contributed by atoms with van der Waals surface area (Å²) in [5.41, 5.74) is 7.34. The molecular formula is C20H25ClF3N5O3. The third kappa shape index (κ3) is 6.71. The smallest absolute Gasteiger partial charge is 0.468 e. The molecule has 4 N–H and O–H groups in total. The first-order chi connectivity index (χ1) is 14.9. The van der Waals surface area contributed by atoms with Crippen molar-refractivity contribution in [2.24, 2.45) is 10.7 Å². The molecule has 176 valence electrons. The number of carbonyl (C=O) groups is 1. The summed E-state index contributed by atoms with van der Waals surface area (Å²) in [7, 11) is 2.89. The minimum atomic E-state index is -4.99. The van der Waals surface area contributed by atoms with E-state index in [9.17, 15) is 18.0 Å². The molecule has 1 aromatic carbocycles. The van der Waals surface area contributed by atoms with Crippen molar-refractivity contribution in [3.05, 3.63) is 40.1 Å². The van der Waals surface area contributed by atoms with Crippen LogP contribution in [0.2, 0.25) is 5.02 Å². The number of hydrogen-bond donors (Lipinski definition) is 3. The van der Waals surface area contributed by atoms with Gasteiger partial charge in [0.2, 0.25) is 12.3 Å². The zero-order valence-electron chi connectivity index (χ0n) is 18.0. The first-order valence-electron chi connectivity index (χ1n) is 9.27. The van der Waals surface area contributed by atoms with Crippen LogP contribution in [0.25, 0.3) is 0 Å². The Bertz CT molecular complexity index is 932. The number of ether oxygens (including phenoxy) is 2. The van der Waals surface area contributed by atoms with Gasteiger partial charge in [-0.15, -0.1) is 0 Å². The molecule has 2 rings (SSSR count). The lowest BCUT2D eigenvalue weighted by Gasteiger charge is -2.32. The second kappa shape index (κ2) is 11.5. The lowest BCUT2D eigenvalue weighted by atomic mass is 9.96. The van der Waals surface area contributed by atoms with Crippen molar-refractivity contribution >= 4 is 35.5 Å². The number of amides is 1. The van der Waals surface area contributed by atoms with Crippen LogP contribution in [0, 0.1) is 17.7 Å². The van der Waals surface area contributed by atoms with Crippen molar-refractivity contribution in [2.45, 2.75) is 32.5 Å². The van der Waals surface area contributed by atoms with Crippen LogP contribution in [0.3, 0.4) is 0 Å². The average Bonchev–Trinajstić information content (AvgIpc) is 2.73. The quantitative estimate of drug-likeness (QED) is 0.348. The minimum Gasteiger partial charge on any atom is -0.495 e. The molecule has 0 fully saturated rings. The maximum Gasteiger partial charge on any atom is 0.468 e. The van der Waals surface area contributed by atoms with Crippen LogP contribution in [-0.4, -0.2) is 61.7 Å². The van der Waals surface area contributed by atoms with E-state index in [-0.39, 0.29) is 17.8 Å². The van der Waals surface area contributed by atoms with Gasteiger partial charge in [0.05, 0.1) is 18.2 Å². The monoisotopic (exact) mass is 475 g/mol. The summed E-state index contributed by atoms with van der Waals surface area (Å²) in [5, 5.41) is 15.0. The second-order valence-electron chi connectivity index (χ2n) is 6.62. The molecule has 0 aliphatic carbocycles. The molecule has 1 aliphatic rings. The van der Waals surface area contributed by atoms with Gasteiger partial charge in [0.25, 0.3) is 5.90 Å². The summed E-state index contributed by atoms with van der Waals surface area (Å²) in [6, 6.07) is 5.24. The van der Waals surface area contributed by atoms with Crippen LogP contribution in [0.5, 0.6) is 5.75 Å². The van der Waals surface area contributed by atoms with Gasteiger partial charge in [-0.1, -0.05) is 23.7 Å². The summed E-state index contributed by atoms with van der Waals surface area (Å²) in [6.07, 6.45) is -4.13. The highest BCUT2D eigenvalue weighted by molar-refractivity contribution is 6.45. The molecule has 0 saturated heterocycles. The van der Waals surface area contributed by atoms with E-state index in [2.05, 4.69) is 9.73 Å². The molecule has 0 aromatic heterocycles. The molecule has 0 bridgehead atoms. The molecule has 1 aliphatic heterocycles. The number of halogens is 4. The topological polar surface area (TPSA) is 125 Å². The van der Waals surface area contributed by atoms with E-state index >= 15 is 0 Å².